The highest BCUT2D eigenvalue weighted by Crippen LogP contribution is 2.03. The minimum atomic E-state index is -1.15. The van der Waals surface area contributed by atoms with Crippen molar-refractivity contribution in [2.24, 2.45) is 0 Å². The molecule has 0 bridgehead atoms. The molecule has 0 aromatic rings. The van der Waals surface area contributed by atoms with E-state index in [0.717, 1.165) is 6.42 Å². The number of hydrogen-bond donors (Lipinski definition) is 3. The normalized spacial score (nSPS) is 11.7. The van der Waals surface area contributed by atoms with Gasteiger partial charge in [-0.3, -0.25) is 4.79 Å². The molecule has 0 fully saturated rings. The van der Waals surface area contributed by atoms with Crippen molar-refractivity contribution >= 4 is 18.0 Å². The summed E-state index contributed by atoms with van der Waals surface area (Å²) in [6.45, 7) is 4.80. The van der Waals surface area contributed by atoms with Crippen LogP contribution in [-0.2, 0) is 9.59 Å². The fraction of sp³-hybridized carbons (Fsp3) is 0.750. The molecule has 0 saturated carbocycles. The predicted molar refractivity (Wildman–Crippen MR) is 69.0 cm³/mol. The Labute approximate surface area is 112 Å². The van der Waals surface area contributed by atoms with Crippen LogP contribution in [0.4, 0.5) is 4.79 Å². The summed E-state index contributed by atoms with van der Waals surface area (Å²) in [7, 11) is 0. The van der Waals surface area contributed by atoms with Crippen LogP contribution in [0.1, 0.15) is 39.5 Å². The van der Waals surface area contributed by atoms with Gasteiger partial charge in [-0.1, -0.05) is 6.92 Å². The van der Waals surface area contributed by atoms with Gasteiger partial charge in [0.2, 0.25) is 0 Å². The third kappa shape index (κ3) is 7.28. The summed E-state index contributed by atoms with van der Waals surface area (Å²) in [5, 5.41) is 19.9. The molecular weight excluding hydrogens is 252 g/mol. The Bertz CT molecular complexity index is 319. The van der Waals surface area contributed by atoms with Gasteiger partial charge in [-0.05, 0) is 26.2 Å². The van der Waals surface area contributed by atoms with Gasteiger partial charge in [0.1, 0.15) is 6.04 Å². The lowest BCUT2D eigenvalue weighted by molar-refractivity contribution is -0.140. The van der Waals surface area contributed by atoms with Gasteiger partial charge in [0, 0.05) is 19.5 Å². The molecule has 0 spiro atoms. The Kier molecular flexibility index (Phi) is 8.32. The number of carboxylic acids is 2. The summed E-state index contributed by atoms with van der Waals surface area (Å²) in [5.74, 6) is -2.12. The molecular formula is C12H22N2O5. The number of carbonyl (C=O) groups is 3. The first-order valence-electron chi connectivity index (χ1n) is 6.42. The van der Waals surface area contributed by atoms with Gasteiger partial charge < -0.3 is 20.4 Å². The standard InChI is InChI=1S/C12H22N2O5/c1-3-8-14(4-2)12(19)13-9(11(17)18)6-5-7-10(15)16/h9H,3-8H2,1-2H3,(H,13,19)(H,15,16)(H,17,18)/t9-/m1/s1. The average Bonchev–Trinajstić information content (AvgIpc) is 2.33. The first-order valence-corrected chi connectivity index (χ1v) is 6.42. The maximum absolute atomic E-state index is 11.8. The highest BCUT2D eigenvalue weighted by Gasteiger charge is 2.22. The zero-order valence-electron chi connectivity index (χ0n) is 11.4. The van der Waals surface area contributed by atoms with Crippen LogP contribution in [0.5, 0.6) is 0 Å². The highest BCUT2D eigenvalue weighted by atomic mass is 16.4. The molecule has 0 aromatic heterocycles. The minimum Gasteiger partial charge on any atom is -0.481 e. The van der Waals surface area contributed by atoms with E-state index in [2.05, 4.69) is 5.32 Å². The Morgan fingerprint density at radius 2 is 1.84 bits per heavy atom. The van der Waals surface area contributed by atoms with E-state index in [9.17, 15) is 14.4 Å². The number of hydrogen-bond acceptors (Lipinski definition) is 3. The summed E-state index contributed by atoms with van der Waals surface area (Å²) in [4.78, 5) is 34.7. The highest BCUT2D eigenvalue weighted by molar-refractivity contribution is 5.82. The molecule has 0 unspecified atom stereocenters. The SMILES string of the molecule is CCCN(CC)C(=O)N[C@H](CCCC(=O)O)C(=O)O. The molecule has 1 atom stereocenters. The van der Waals surface area contributed by atoms with Crippen molar-refractivity contribution in [1.29, 1.82) is 0 Å². The molecule has 0 aliphatic rings. The van der Waals surface area contributed by atoms with Crippen molar-refractivity contribution in [2.75, 3.05) is 13.1 Å². The van der Waals surface area contributed by atoms with Crippen molar-refractivity contribution in [3.63, 3.8) is 0 Å². The predicted octanol–water partition coefficient (Wildman–Crippen LogP) is 1.14. The van der Waals surface area contributed by atoms with Crippen LogP contribution in [0.25, 0.3) is 0 Å². The molecule has 19 heavy (non-hydrogen) atoms. The number of carboxylic acid groups (broad SMARTS) is 2. The number of urea groups is 1. The van der Waals surface area contributed by atoms with Crippen molar-refractivity contribution in [2.45, 2.75) is 45.6 Å². The lowest BCUT2D eigenvalue weighted by Crippen LogP contribution is -2.48. The largest absolute Gasteiger partial charge is 0.481 e. The minimum absolute atomic E-state index is 0.105. The lowest BCUT2D eigenvalue weighted by atomic mass is 10.1. The molecule has 0 aromatic carbocycles. The van der Waals surface area contributed by atoms with Gasteiger partial charge in [-0.15, -0.1) is 0 Å². The number of aliphatic carboxylic acids is 2. The van der Waals surface area contributed by atoms with E-state index in [1.165, 1.54) is 4.90 Å². The van der Waals surface area contributed by atoms with Gasteiger partial charge in [-0.2, -0.15) is 0 Å². The van der Waals surface area contributed by atoms with Crippen LogP contribution in [0.15, 0.2) is 0 Å². The van der Waals surface area contributed by atoms with Crippen LogP contribution in [-0.4, -0.2) is 52.2 Å². The average molecular weight is 274 g/mol. The van der Waals surface area contributed by atoms with Crippen LogP contribution >= 0.6 is 0 Å². The fourth-order valence-corrected chi connectivity index (χ4v) is 1.63. The van der Waals surface area contributed by atoms with Crippen LogP contribution in [0.3, 0.4) is 0 Å². The molecule has 3 N–H and O–H groups in total. The smallest absolute Gasteiger partial charge is 0.326 e. The maximum atomic E-state index is 11.8. The second-order valence-corrected chi connectivity index (χ2v) is 4.21. The lowest BCUT2D eigenvalue weighted by Gasteiger charge is -2.23. The molecule has 0 aliphatic heterocycles. The van der Waals surface area contributed by atoms with E-state index in [-0.39, 0.29) is 19.3 Å². The zero-order chi connectivity index (χ0) is 14.8. The number of rotatable bonds is 9. The zero-order valence-corrected chi connectivity index (χ0v) is 11.4. The summed E-state index contributed by atoms with van der Waals surface area (Å²) >= 11 is 0. The Balaban J connectivity index is 4.36. The fourth-order valence-electron chi connectivity index (χ4n) is 1.63. The van der Waals surface area contributed by atoms with Gasteiger partial charge in [-0.25, -0.2) is 9.59 Å². The van der Waals surface area contributed by atoms with Gasteiger partial charge in [0.05, 0.1) is 0 Å². The molecule has 0 saturated heterocycles. The van der Waals surface area contributed by atoms with Crippen molar-refractivity contribution < 1.29 is 24.6 Å². The Hall–Kier alpha value is -1.79. The molecule has 7 nitrogen and oxygen atoms in total. The number of carbonyl (C=O) groups excluding carboxylic acids is 1. The van der Waals surface area contributed by atoms with Crippen molar-refractivity contribution in [3.05, 3.63) is 0 Å². The van der Waals surface area contributed by atoms with Gasteiger partial charge in [0.15, 0.2) is 0 Å². The van der Waals surface area contributed by atoms with E-state index in [1.807, 2.05) is 13.8 Å². The molecule has 0 rings (SSSR count). The summed E-state index contributed by atoms with van der Waals surface area (Å²) in [5.41, 5.74) is 0. The number of nitrogens with zero attached hydrogens (tertiary/aromatic N) is 1. The van der Waals surface area contributed by atoms with E-state index in [4.69, 9.17) is 10.2 Å². The third-order valence-electron chi connectivity index (χ3n) is 2.64. The van der Waals surface area contributed by atoms with E-state index in [1.54, 1.807) is 0 Å². The summed E-state index contributed by atoms with van der Waals surface area (Å²) < 4.78 is 0. The Morgan fingerprint density at radius 1 is 1.21 bits per heavy atom. The summed E-state index contributed by atoms with van der Waals surface area (Å²) in [6, 6.07) is -1.47. The quantitative estimate of drug-likeness (QED) is 0.584. The molecule has 0 heterocycles. The second-order valence-electron chi connectivity index (χ2n) is 4.21. The second kappa shape index (κ2) is 9.18. The molecule has 0 aliphatic carbocycles. The maximum Gasteiger partial charge on any atom is 0.326 e. The molecule has 0 radical (unpaired) electrons. The van der Waals surface area contributed by atoms with Crippen molar-refractivity contribution in [1.82, 2.24) is 10.2 Å². The first kappa shape index (κ1) is 17.2. The molecule has 7 heteroatoms. The van der Waals surface area contributed by atoms with Crippen molar-refractivity contribution in [3.8, 4) is 0 Å². The number of nitrogens with one attached hydrogen (secondary N) is 1. The summed E-state index contributed by atoms with van der Waals surface area (Å²) in [6.07, 6.45) is 1.01. The topological polar surface area (TPSA) is 107 Å². The van der Waals surface area contributed by atoms with Crippen LogP contribution in [0, 0.1) is 0 Å². The first-order chi connectivity index (χ1) is 8.92. The van der Waals surface area contributed by atoms with E-state index in [0.29, 0.717) is 13.1 Å². The molecule has 2 amide bonds. The van der Waals surface area contributed by atoms with Crippen LogP contribution < -0.4 is 5.32 Å². The van der Waals surface area contributed by atoms with Gasteiger partial charge in [0.25, 0.3) is 0 Å². The number of amides is 2. The monoisotopic (exact) mass is 274 g/mol. The van der Waals surface area contributed by atoms with E-state index >= 15 is 0 Å². The third-order valence-corrected chi connectivity index (χ3v) is 2.64. The van der Waals surface area contributed by atoms with E-state index < -0.39 is 24.0 Å². The van der Waals surface area contributed by atoms with Crippen LogP contribution in [0.2, 0.25) is 0 Å². The van der Waals surface area contributed by atoms with Gasteiger partial charge >= 0.3 is 18.0 Å². The Morgan fingerprint density at radius 3 is 2.26 bits per heavy atom. The molecule has 110 valence electrons.